The van der Waals surface area contributed by atoms with E-state index in [-0.39, 0.29) is 41.7 Å². The first-order valence-corrected chi connectivity index (χ1v) is 8.34. The molecule has 6 N–H and O–H groups in total. The summed E-state index contributed by atoms with van der Waals surface area (Å²) >= 11 is 0. The number of aliphatic hydroxyl groups excluding tert-OH is 1. The zero-order valence-corrected chi connectivity index (χ0v) is 14.9. The highest BCUT2D eigenvalue weighted by Gasteiger charge is 2.46. The second-order valence-electron chi connectivity index (χ2n) is 5.92. The number of hydrogen-bond acceptors (Lipinski definition) is 7. The van der Waals surface area contributed by atoms with Gasteiger partial charge in [0, 0.05) is 6.07 Å². The highest BCUT2D eigenvalue weighted by atomic mass is 19.4. The summed E-state index contributed by atoms with van der Waals surface area (Å²) in [4.78, 5) is 3.95. The molecular formula is C18H17F3N6O2. The first-order chi connectivity index (χ1) is 13.7. The Hall–Kier alpha value is -3.60. The predicted octanol–water partition coefficient (Wildman–Crippen LogP) is 2.71. The Morgan fingerprint density at radius 1 is 1.14 bits per heavy atom. The number of ether oxygens (including phenoxy) is 1. The Morgan fingerprint density at radius 2 is 1.83 bits per heavy atom. The molecule has 0 spiro atoms. The van der Waals surface area contributed by atoms with Crippen LogP contribution in [0.4, 0.5) is 35.9 Å². The number of rotatable bonds is 5. The van der Waals surface area contributed by atoms with Crippen molar-refractivity contribution < 1.29 is 23.0 Å². The van der Waals surface area contributed by atoms with E-state index in [1.54, 1.807) is 18.2 Å². The summed E-state index contributed by atoms with van der Waals surface area (Å²) in [5, 5.41) is 21.5. The lowest BCUT2D eigenvalue weighted by Gasteiger charge is -2.13. The van der Waals surface area contributed by atoms with Crippen molar-refractivity contribution in [2.24, 2.45) is 10.1 Å². The standard InChI is InChI=1S/C18H17F3N6O2/c19-18(20,21)16-15(17(24)27(26-16)10-4-2-1-3-5-10)25-13-9-14(29-7-6-28)12(23)8-11(13)22/h1-5,8-9,24,28H,6-7,22-23H2. The monoisotopic (exact) mass is 406 g/mol. The number of nitrogen functional groups attached to an aromatic ring is 2. The molecule has 1 aliphatic heterocycles. The van der Waals surface area contributed by atoms with Gasteiger partial charge in [-0.15, -0.1) is 0 Å². The quantitative estimate of drug-likeness (QED) is 0.567. The molecule has 0 fully saturated rings. The fourth-order valence-corrected chi connectivity index (χ4v) is 2.56. The molecule has 0 saturated carbocycles. The van der Waals surface area contributed by atoms with Crippen LogP contribution in [0.25, 0.3) is 0 Å². The van der Waals surface area contributed by atoms with Crippen LogP contribution in [0, 0.1) is 5.41 Å². The smallest absolute Gasteiger partial charge is 0.437 e. The van der Waals surface area contributed by atoms with E-state index in [1.807, 2.05) is 0 Å². The number of aliphatic imine (C=N–C) groups is 1. The van der Waals surface area contributed by atoms with Crippen LogP contribution >= 0.6 is 0 Å². The summed E-state index contributed by atoms with van der Waals surface area (Å²) in [5.41, 5.74) is 9.95. The molecule has 1 heterocycles. The van der Waals surface area contributed by atoms with E-state index < -0.39 is 23.4 Å². The molecule has 0 unspecified atom stereocenters. The lowest BCUT2D eigenvalue weighted by molar-refractivity contribution is -0.0565. The molecule has 2 aromatic carbocycles. The second kappa shape index (κ2) is 7.80. The van der Waals surface area contributed by atoms with Crippen LogP contribution in [0.5, 0.6) is 5.75 Å². The van der Waals surface area contributed by atoms with Gasteiger partial charge in [0.05, 0.1) is 29.4 Å². The van der Waals surface area contributed by atoms with Crippen molar-refractivity contribution in [1.82, 2.24) is 0 Å². The summed E-state index contributed by atoms with van der Waals surface area (Å²) < 4.78 is 45.9. The second-order valence-corrected chi connectivity index (χ2v) is 5.92. The van der Waals surface area contributed by atoms with Gasteiger partial charge in [-0.2, -0.15) is 18.3 Å². The van der Waals surface area contributed by atoms with Gasteiger partial charge in [0.25, 0.3) is 0 Å². The lowest BCUT2D eigenvalue weighted by atomic mass is 10.2. The van der Waals surface area contributed by atoms with Crippen LogP contribution in [0.1, 0.15) is 0 Å². The third-order valence-corrected chi connectivity index (χ3v) is 3.87. The molecule has 29 heavy (non-hydrogen) atoms. The number of nitrogens with one attached hydrogen (secondary N) is 1. The number of nitrogens with zero attached hydrogens (tertiary/aromatic N) is 3. The van der Waals surface area contributed by atoms with Crippen LogP contribution in [-0.2, 0) is 0 Å². The van der Waals surface area contributed by atoms with E-state index >= 15 is 0 Å². The number of nitrogens with two attached hydrogens (primary N) is 2. The molecule has 0 aromatic heterocycles. The lowest BCUT2D eigenvalue weighted by Crippen LogP contribution is -2.33. The predicted molar refractivity (Wildman–Crippen MR) is 105 cm³/mol. The van der Waals surface area contributed by atoms with E-state index in [1.165, 1.54) is 24.3 Å². The number of alkyl halides is 3. The highest BCUT2D eigenvalue weighted by molar-refractivity contribution is 6.73. The third kappa shape index (κ3) is 4.14. The SMILES string of the molecule is N=C1C(=Nc2cc(OCCO)c(N)cc2N)C(C(F)(F)F)=NN1c1ccccc1. The Balaban J connectivity index is 2.08. The number of amidine groups is 1. The van der Waals surface area contributed by atoms with E-state index in [2.05, 4.69) is 10.1 Å². The summed E-state index contributed by atoms with van der Waals surface area (Å²) in [6, 6.07) is 10.5. The zero-order valence-electron chi connectivity index (χ0n) is 14.9. The van der Waals surface area contributed by atoms with Gasteiger partial charge in [-0.05, 0) is 18.2 Å². The van der Waals surface area contributed by atoms with Crippen LogP contribution in [0.3, 0.4) is 0 Å². The molecule has 2 aromatic rings. The minimum absolute atomic E-state index is 0.00108. The topological polar surface area (TPSA) is 133 Å². The van der Waals surface area contributed by atoms with Crippen molar-refractivity contribution in [2.45, 2.75) is 6.18 Å². The molecule has 0 atom stereocenters. The Kier molecular flexibility index (Phi) is 5.41. The number of hydrogen-bond donors (Lipinski definition) is 4. The molecule has 152 valence electrons. The summed E-state index contributed by atoms with van der Waals surface area (Å²) in [5.74, 6) is -0.458. The van der Waals surface area contributed by atoms with E-state index in [0.29, 0.717) is 0 Å². The number of aliphatic hydroxyl groups is 1. The van der Waals surface area contributed by atoms with Crippen LogP contribution in [0.2, 0.25) is 0 Å². The molecule has 8 nitrogen and oxygen atoms in total. The Bertz CT molecular complexity index is 989. The summed E-state index contributed by atoms with van der Waals surface area (Å²) in [6.45, 7) is -0.355. The van der Waals surface area contributed by atoms with Gasteiger partial charge in [0.1, 0.15) is 18.1 Å². The normalized spacial score (nSPS) is 15.7. The van der Waals surface area contributed by atoms with Gasteiger partial charge in [-0.1, -0.05) is 18.2 Å². The fraction of sp³-hybridized carbons (Fsp3) is 0.167. The van der Waals surface area contributed by atoms with Gasteiger partial charge in [0.2, 0.25) is 0 Å². The number of para-hydroxylation sites is 1. The molecule has 0 saturated heterocycles. The summed E-state index contributed by atoms with van der Waals surface area (Å²) in [7, 11) is 0. The minimum Gasteiger partial charge on any atom is -0.489 e. The summed E-state index contributed by atoms with van der Waals surface area (Å²) in [6.07, 6.45) is -4.84. The minimum atomic E-state index is -4.84. The molecule has 0 amide bonds. The van der Waals surface area contributed by atoms with E-state index in [9.17, 15) is 13.2 Å². The average molecular weight is 406 g/mol. The molecule has 0 aliphatic carbocycles. The maximum atomic E-state index is 13.5. The van der Waals surface area contributed by atoms with Gasteiger partial charge < -0.3 is 21.3 Å². The molecule has 11 heteroatoms. The zero-order chi connectivity index (χ0) is 21.2. The third-order valence-electron chi connectivity index (χ3n) is 3.87. The van der Waals surface area contributed by atoms with Crippen molar-refractivity contribution in [3.05, 3.63) is 42.5 Å². The average Bonchev–Trinajstić information content (AvgIpc) is 3.00. The molecule has 0 radical (unpaired) electrons. The molecule has 0 bridgehead atoms. The molecule has 1 aliphatic rings. The van der Waals surface area contributed by atoms with Crippen molar-refractivity contribution in [2.75, 3.05) is 29.7 Å². The van der Waals surface area contributed by atoms with Gasteiger partial charge in [-0.3, -0.25) is 5.41 Å². The number of halogens is 3. The fourth-order valence-electron chi connectivity index (χ4n) is 2.56. The highest BCUT2D eigenvalue weighted by Crippen LogP contribution is 2.35. The first kappa shape index (κ1) is 20.1. The number of hydrazone groups is 1. The van der Waals surface area contributed by atoms with Crippen molar-refractivity contribution in [3.8, 4) is 5.75 Å². The van der Waals surface area contributed by atoms with Gasteiger partial charge >= 0.3 is 6.18 Å². The number of benzene rings is 2. The van der Waals surface area contributed by atoms with Crippen molar-refractivity contribution >= 4 is 40.0 Å². The van der Waals surface area contributed by atoms with Crippen LogP contribution < -0.4 is 21.2 Å². The van der Waals surface area contributed by atoms with Crippen molar-refractivity contribution in [1.29, 1.82) is 5.41 Å². The first-order valence-electron chi connectivity index (χ1n) is 8.34. The van der Waals surface area contributed by atoms with Gasteiger partial charge in [0.15, 0.2) is 11.5 Å². The van der Waals surface area contributed by atoms with Gasteiger partial charge in [-0.25, -0.2) is 10.0 Å². The van der Waals surface area contributed by atoms with E-state index in [4.69, 9.17) is 26.7 Å². The number of anilines is 3. The Labute approximate surface area is 163 Å². The Morgan fingerprint density at radius 3 is 2.45 bits per heavy atom. The maximum Gasteiger partial charge on any atom is 0.437 e. The molecular weight excluding hydrogens is 389 g/mol. The van der Waals surface area contributed by atoms with Crippen LogP contribution in [-0.4, -0.2) is 41.8 Å². The maximum absolute atomic E-state index is 13.5. The molecule has 3 rings (SSSR count). The van der Waals surface area contributed by atoms with Crippen LogP contribution in [0.15, 0.2) is 52.6 Å². The van der Waals surface area contributed by atoms with E-state index in [0.717, 1.165) is 5.01 Å². The van der Waals surface area contributed by atoms with Crippen molar-refractivity contribution in [3.63, 3.8) is 0 Å². The largest absolute Gasteiger partial charge is 0.489 e.